The number of pyridine rings is 1. The van der Waals surface area contributed by atoms with Gasteiger partial charge in [0.15, 0.2) is 23.1 Å². The zero-order valence-electron chi connectivity index (χ0n) is 18.3. The van der Waals surface area contributed by atoms with Crippen LogP contribution in [0, 0.1) is 6.92 Å². The van der Waals surface area contributed by atoms with Crippen molar-refractivity contribution in [2.24, 2.45) is 0 Å². The lowest BCUT2D eigenvalue weighted by Crippen LogP contribution is -2.48. The van der Waals surface area contributed by atoms with Gasteiger partial charge >= 0.3 is 0 Å². The topological polar surface area (TPSA) is 92.7 Å². The van der Waals surface area contributed by atoms with Gasteiger partial charge in [0, 0.05) is 38.5 Å². The van der Waals surface area contributed by atoms with Crippen LogP contribution >= 0.6 is 0 Å². The largest absolute Gasteiger partial charge is 0.454 e. The van der Waals surface area contributed by atoms with Crippen molar-refractivity contribution in [1.29, 1.82) is 0 Å². The summed E-state index contributed by atoms with van der Waals surface area (Å²) in [6, 6.07) is 13.3. The van der Waals surface area contributed by atoms with Crippen molar-refractivity contribution in [2.45, 2.75) is 6.92 Å². The van der Waals surface area contributed by atoms with Crippen molar-refractivity contribution >= 4 is 29.4 Å². The summed E-state index contributed by atoms with van der Waals surface area (Å²) in [4.78, 5) is 20.9. The molecule has 4 heterocycles. The smallest absolute Gasteiger partial charge is 0.246 e. The van der Waals surface area contributed by atoms with E-state index in [-0.39, 0.29) is 12.7 Å². The number of hydrogen-bond acceptors (Lipinski definition) is 8. The number of carbonyl (C=O) groups excluding carboxylic acids is 1. The Hall–Kier alpha value is -4.14. The summed E-state index contributed by atoms with van der Waals surface area (Å²) in [7, 11) is 0. The van der Waals surface area contributed by atoms with E-state index in [4.69, 9.17) is 9.47 Å². The number of piperazine rings is 1. The van der Waals surface area contributed by atoms with Crippen LogP contribution in [-0.2, 0) is 4.79 Å². The molecular weight excluding hydrogens is 420 g/mol. The normalized spacial score (nSPS) is 15.2. The molecule has 0 aliphatic carbocycles. The van der Waals surface area contributed by atoms with E-state index < -0.39 is 0 Å². The number of amides is 1. The highest BCUT2D eigenvalue weighted by Crippen LogP contribution is 2.32. The molecule has 1 N–H and O–H groups in total. The Morgan fingerprint density at radius 2 is 1.82 bits per heavy atom. The molecule has 0 atom stereocenters. The fraction of sp³-hybridized carbons (Fsp3) is 0.250. The number of anilines is 3. The predicted molar refractivity (Wildman–Crippen MR) is 125 cm³/mol. The Labute approximate surface area is 191 Å². The van der Waals surface area contributed by atoms with Crippen LogP contribution in [0.4, 0.5) is 17.5 Å². The molecule has 0 radical (unpaired) electrons. The maximum Gasteiger partial charge on any atom is 0.246 e. The van der Waals surface area contributed by atoms with Crippen molar-refractivity contribution in [2.75, 3.05) is 43.2 Å². The van der Waals surface area contributed by atoms with Crippen molar-refractivity contribution in [3.63, 3.8) is 0 Å². The second-order valence-electron chi connectivity index (χ2n) is 7.88. The molecule has 9 heteroatoms. The molecule has 9 nitrogen and oxygen atoms in total. The molecule has 5 rings (SSSR count). The van der Waals surface area contributed by atoms with Crippen molar-refractivity contribution in [1.82, 2.24) is 20.1 Å². The molecule has 0 saturated carbocycles. The van der Waals surface area contributed by atoms with Gasteiger partial charge in [-0.1, -0.05) is 6.07 Å². The number of rotatable bonds is 5. The van der Waals surface area contributed by atoms with Crippen LogP contribution in [0.5, 0.6) is 11.5 Å². The van der Waals surface area contributed by atoms with Crippen LogP contribution in [0.25, 0.3) is 6.08 Å². The fourth-order valence-electron chi connectivity index (χ4n) is 3.74. The lowest BCUT2D eigenvalue weighted by atomic mass is 10.2. The van der Waals surface area contributed by atoms with Gasteiger partial charge < -0.3 is 24.6 Å². The van der Waals surface area contributed by atoms with E-state index in [1.807, 2.05) is 54.3 Å². The standard InChI is InChI=1S/C24H24N6O3/c1-17-8-9-25-22(14-17)26-21-5-6-23(28-27-21)29-10-12-30(13-11-29)24(31)7-3-18-2-4-19-20(15-18)33-16-32-19/h2-9,14-15H,10-13,16H2,1H3,(H,25,26,27)/b7-3+. The van der Waals surface area contributed by atoms with Crippen LogP contribution in [0.3, 0.4) is 0 Å². The second kappa shape index (κ2) is 9.15. The maximum absolute atomic E-state index is 12.6. The van der Waals surface area contributed by atoms with Gasteiger partial charge in [0.2, 0.25) is 12.7 Å². The first-order chi connectivity index (χ1) is 16.1. The van der Waals surface area contributed by atoms with E-state index in [1.54, 1.807) is 18.3 Å². The zero-order valence-corrected chi connectivity index (χ0v) is 18.3. The van der Waals surface area contributed by atoms with Crippen molar-refractivity contribution in [3.05, 3.63) is 65.9 Å². The first-order valence-corrected chi connectivity index (χ1v) is 10.8. The summed E-state index contributed by atoms with van der Waals surface area (Å²) in [6.07, 6.45) is 5.16. The minimum absolute atomic E-state index is 0.0106. The summed E-state index contributed by atoms with van der Waals surface area (Å²) in [5, 5.41) is 11.8. The van der Waals surface area contributed by atoms with Gasteiger partial charge in [-0.15, -0.1) is 10.2 Å². The molecule has 2 aromatic heterocycles. The molecule has 0 unspecified atom stereocenters. The minimum Gasteiger partial charge on any atom is -0.454 e. The SMILES string of the molecule is Cc1ccnc(Nc2ccc(N3CCN(C(=O)/C=C/c4ccc5c(c4)OCO5)CC3)nn2)c1. The van der Waals surface area contributed by atoms with Crippen molar-refractivity contribution in [3.8, 4) is 11.5 Å². The van der Waals surface area contributed by atoms with Crippen LogP contribution < -0.4 is 19.7 Å². The zero-order chi connectivity index (χ0) is 22.6. The summed E-state index contributed by atoms with van der Waals surface area (Å²) in [5.74, 6) is 3.59. The van der Waals surface area contributed by atoms with Gasteiger partial charge in [-0.2, -0.15) is 0 Å². The molecule has 0 bridgehead atoms. The first kappa shape index (κ1) is 20.7. The highest BCUT2D eigenvalue weighted by Gasteiger charge is 2.21. The number of aryl methyl sites for hydroxylation is 1. The van der Waals surface area contributed by atoms with Gasteiger partial charge in [-0.25, -0.2) is 4.98 Å². The van der Waals surface area contributed by atoms with E-state index in [0.29, 0.717) is 37.7 Å². The number of aromatic nitrogens is 3. The fourth-order valence-corrected chi connectivity index (χ4v) is 3.74. The number of hydrogen-bond donors (Lipinski definition) is 1. The van der Waals surface area contributed by atoms with Crippen LogP contribution in [0.2, 0.25) is 0 Å². The van der Waals surface area contributed by atoms with E-state index in [9.17, 15) is 4.79 Å². The number of carbonyl (C=O) groups is 1. The summed E-state index contributed by atoms with van der Waals surface area (Å²) in [5.41, 5.74) is 2.02. The number of ether oxygens (including phenoxy) is 2. The number of nitrogens with one attached hydrogen (secondary N) is 1. The number of nitrogens with zero attached hydrogens (tertiary/aromatic N) is 5. The molecule has 0 spiro atoms. The Balaban J connectivity index is 1.14. The average molecular weight is 444 g/mol. The Morgan fingerprint density at radius 3 is 2.61 bits per heavy atom. The van der Waals surface area contributed by atoms with Gasteiger partial charge in [0.05, 0.1) is 0 Å². The van der Waals surface area contributed by atoms with Crippen LogP contribution in [0.1, 0.15) is 11.1 Å². The summed E-state index contributed by atoms with van der Waals surface area (Å²) >= 11 is 0. The Morgan fingerprint density at radius 1 is 0.970 bits per heavy atom. The third-order valence-electron chi connectivity index (χ3n) is 5.55. The van der Waals surface area contributed by atoms with Gasteiger partial charge in [-0.3, -0.25) is 4.79 Å². The molecule has 1 aromatic carbocycles. The predicted octanol–water partition coefficient (Wildman–Crippen LogP) is 3.01. The van der Waals surface area contributed by atoms with E-state index in [0.717, 1.165) is 28.5 Å². The molecule has 2 aliphatic rings. The first-order valence-electron chi connectivity index (χ1n) is 10.8. The van der Waals surface area contributed by atoms with Gasteiger partial charge in [0.25, 0.3) is 0 Å². The molecule has 2 aliphatic heterocycles. The quantitative estimate of drug-likeness (QED) is 0.601. The molecule has 168 valence electrons. The molecule has 1 fully saturated rings. The van der Waals surface area contributed by atoms with E-state index >= 15 is 0 Å². The maximum atomic E-state index is 12.6. The lowest BCUT2D eigenvalue weighted by Gasteiger charge is -2.34. The summed E-state index contributed by atoms with van der Waals surface area (Å²) in [6.45, 7) is 4.89. The third kappa shape index (κ3) is 4.87. The monoisotopic (exact) mass is 444 g/mol. The molecular formula is C24H24N6O3. The van der Waals surface area contributed by atoms with E-state index in [1.165, 1.54) is 0 Å². The average Bonchev–Trinajstić information content (AvgIpc) is 3.31. The molecule has 33 heavy (non-hydrogen) atoms. The van der Waals surface area contributed by atoms with E-state index in [2.05, 4.69) is 25.4 Å². The van der Waals surface area contributed by atoms with Crippen molar-refractivity contribution < 1.29 is 14.3 Å². The van der Waals surface area contributed by atoms with Gasteiger partial charge in [0.1, 0.15) is 5.82 Å². The lowest BCUT2D eigenvalue weighted by molar-refractivity contribution is -0.126. The number of benzene rings is 1. The Bertz CT molecular complexity index is 1170. The minimum atomic E-state index is -0.0106. The molecule has 1 amide bonds. The third-order valence-corrected chi connectivity index (χ3v) is 5.55. The molecule has 3 aromatic rings. The Kier molecular flexibility index (Phi) is 5.75. The van der Waals surface area contributed by atoms with Crippen LogP contribution in [-0.4, -0.2) is 59.0 Å². The van der Waals surface area contributed by atoms with Crippen LogP contribution in [0.15, 0.2) is 54.7 Å². The highest BCUT2D eigenvalue weighted by molar-refractivity contribution is 5.92. The second-order valence-corrected chi connectivity index (χ2v) is 7.88. The summed E-state index contributed by atoms with van der Waals surface area (Å²) < 4.78 is 10.7. The van der Waals surface area contributed by atoms with Gasteiger partial charge in [-0.05, 0) is 60.5 Å². The number of fused-ring (bicyclic) bond motifs is 1. The highest BCUT2D eigenvalue weighted by atomic mass is 16.7. The molecule has 1 saturated heterocycles.